The first-order valence-electron chi connectivity index (χ1n) is 14.9. The van der Waals surface area contributed by atoms with Crippen LogP contribution < -0.4 is 15.2 Å². The fraction of sp³-hybridized carbons (Fsp3) is 0.516. The third kappa shape index (κ3) is 13.9. The molecule has 0 fully saturated rings. The molecule has 0 aliphatic rings. The second-order valence-corrected chi connectivity index (χ2v) is 12.9. The summed E-state index contributed by atoms with van der Waals surface area (Å²) in [6.45, 7) is 5.24. The fourth-order valence-electron chi connectivity index (χ4n) is 4.94. The largest absolute Gasteiger partial charge is 0.497 e. The van der Waals surface area contributed by atoms with Crippen LogP contribution in [0.1, 0.15) is 50.6 Å². The summed E-state index contributed by atoms with van der Waals surface area (Å²) in [6.07, 6.45) is 9.43. The Kier molecular flexibility index (Phi) is 20.4. The zero-order valence-electron chi connectivity index (χ0n) is 25.6. The Labute approximate surface area is 287 Å². The van der Waals surface area contributed by atoms with Crippen molar-refractivity contribution in [2.24, 2.45) is 5.14 Å². The lowest BCUT2D eigenvalue weighted by Crippen LogP contribution is -2.34. The summed E-state index contributed by atoms with van der Waals surface area (Å²) in [6, 6.07) is 16.5. The number of methoxy groups -OCH3 is 1. The van der Waals surface area contributed by atoms with Crippen LogP contribution in [0.5, 0.6) is 5.75 Å². The van der Waals surface area contributed by atoms with Crippen LogP contribution in [0, 0.1) is 0 Å². The van der Waals surface area contributed by atoms with Crippen molar-refractivity contribution in [3.63, 3.8) is 0 Å². The third-order valence-electron chi connectivity index (χ3n) is 7.27. The van der Waals surface area contributed by atoms with Crippen LogP contribution in [0.25, 0.3) is 16.9 Å². The molecule has 0 bridgehead atoms. The highest BCUT2D eigenvalue weighted by Crippen LogP contribution is 2.27. The Morgan fingerprint density at radius 1 is 0.841 bits per heavy atom. The number of rotatable bonds is 21. The first kappa shape index (κ1) is 40.6. The molecule has 3 N–H and O–H groups in total. The molecule has 0 saturated heterocycles. The molecule has 13 heteroatoms. The number of nitrogens with one attached hydrogen (secondary N) is 1. The van der Waals surface area contributed by atoms with Gasteiger partial charge in [-0.05, 0) is 80.4 Å². The van der Waals surface area contributed by atoms with Gasteiger partial charge >= 0.3 is 0 Å². The number of unbranched alkanes of at least 4 members (excludes halogenated alkanes) is 6. The van der Waals surface area contributed by atoms with Gasteiger partial charge in [-0.15, -0.1) is 24.8 Å². The molecule has 2 aromatic carbocycles. The highest BCUT2D eigenvalue weighted by molar-refractivity contribution is 7.89. The van der Waals surface area contributed by atoms with Crippen molar-refractivity contribution >= 4 is 60.1 Å². The maximum Gasteiger partial charge on any atom is 0.238 e. The molecule has 0 radical (unpaired) electrons. The summed E-state index contributed by atoms with van der Waals surface area (Å²) in [7, 11) is -2.11. The van der Waals surface area contributed by atoms with Gasteiger partial charge in [-0.25, -0.2) is 18.2 Å². The highest BCUT2D eigenvalue weighted by Gasteiger charge is 2.14. The second kappa shape index (κ2) is 22.1. The minimum Gasteiger partial charge on any atom is -0.497 e. The van der Waals surface area contributed by atoms with E-state index >= 15 is 0 Å². The van der Waals surface area contributed by atoms with Crippen molar-refractivity contribution in [3.8, 4) is 22.7 Å². The normalized spacial score (nSPS) is 11.3. The average molecular weight is 707 g/mol. The van der Waals surface area contributed by atoms with Gasteiger partial charge in [0.15, 0.2) is 0 Å². The Morgan fingerprint density at radius 3 is 2.07 bits per heavy atom. The van der Waals surface area contributed by atoms with Gasteiger partial charge in [0, 0.05) is 43.2 Å². The molecule has 248 valence electrons. The molecule has 0 unspecified atom stereocenters. The number of primary sulfonamides is 1. The number of hydrogen-bond acceptors (Lipinski definition) is 8. The van der Waals surface area contributed by atoms with Gasteiger partial charge in [-0.1, -0.05) is 32.1 Å². The molecule has 0 saturated carbocycles. The highest BCUT2D eigenvalue weighted by atomic mass is 35.5. The van der Waals surface area contributed by atoms with Gasteiger partial charge in [0.2, 0.25) is 10.0 Å². The van der Waals surface area contributed by atoms with Gasteiger partial charge < -0.3 is 15.0 Å². The zero-order valence-corrected chi connectivity index (χ0v) is 29.8. The molecule has 1 heterocycles. The van der Waals surface area contributed by atoms with Crippen molar-refractivity contribution in [2.45, 2.75) is 56.3 Å². The predicted molar refractivity (Wildman–Crippen MR) is 194 cm³/mol. The number of aromatic nitrogens is 2. The molecular weight excluding hydrogens is 657 g/mol. The lowest BCUT2D eigenvalue weighted by atomic mass is 10.1. The molecule has 3 rings (SSSR count). The molecule has 44 heavy (non-hydrogen) atoms. The van der Waals surface area contributed by atoms with Gasteiger partial charge in [-0.3, -0.25) is 0 Å². The van der Waals surface area contributed by atoms with E-state index < -0.39 is 10.0 Å². The quantitative estimate of drug-likeness (QED) is 0.0794. The topological polar surface area (TPSA) is 102 Å². The van der Waals surface area contributed by atoms with Crippen molar-refractivity contribution < 1.29 is 13.2 Å². The van der Waals surface area contributed by atoms with Crippen LogP contribution in [0.15, 0.2) is 59.5 Å². The van der Waals surface area contributed by atoms with E-state index in [2.05, 4.69) is 41.5 Å². The van der Waals surface area contributed by atoms with E-state index in [-0.39, 0.29) is 29.7 Å². The minimum absolute atomic E-state index is 0. The summed E-state index contributed by atoms with van der Waals surface area (Å²) in [5.41, 5.74) is 3.75. The number of sulfonamides is 1. The lowest BCUT2D eigenvalue weighted by molar-refractivity contribution is 0.283. The maximum atomic E-state index is 11.7. The number of halogens is 2. The van der Waals surface area contributed by atoms with E-state index in [1.54, 1.807) is 19.2 Å². The Hall–Kier alpha value is -1.44. The molecule has 1 aromatic heterocycles. The smallest absolute Gasteiger partial charge is 0.238 e. The number of nitrogens with zero attached hydrogens (tertiary/aromatic N) is 3. The third-order valence-corrected chi connectivity index (χ3v) is 8.63. The number of hydrogen-bond donors (Lipinski definition) is 4. The summed E-state index contributed by atoms with van der Waals surface area (Å²) in [5, 5.41) is 13.6. The summed E-state index contributed by atoms with van der Waals surface area (Å²) in [5.74, 6) is 2.56. The van der Waals surface area contributed by atoms with Gasteiger partial charge in [0.05, 0.1) is 29.1 Å². The van der Waals surface area contributed by atoms with Crippen LogP contribution >= 0.6 is 50.1 Å². The molecule has 0 aliphatic carbocycles. The van der Waals surface area contributed by atoms with E-state index in [4.69, 9.17) is 15.0 Å². The molecule has 3 aromatic rings. The van der Waals surface area contributed by atoms with Gasteiger partial charge in [0.1, 0.15) is 5.75 Å². The molecule has 0 amide bonds. The minimum atomic E-state index is -3.76. The lowest BCUT2D eigenvalue weighted by Gasteiger charge is -2.21. The first-order chi connectivity index (χ1) is 20.4. The van der Waals surface area contributed by atoms with Crippen LogP contribution in [-0.2, 0) is 16.4 Å². The van der Waals surface area contributed by atoms with E-state index in [1.165, 1.54) is 50.7 Å². The standard InChI is InChI=1S/C31H47N5O3S3.2ClH/c1-39-29-14-10-26(11-15-29)31-25-27(34-36(31)28-12-16-30(17-13-28)42(32,37)38)9-7-5-3-2-4-6-8-20-35(22-24-41)21-18-33-19-23-40;;/h10-17,25,33,40-41H,2-9,18-24H2,1H3,(H2,32,37,38);2*1H. The number of ether oxygens (including phenoxy) is 1. The van der Waals surface area contributed by atoms with Crippen LogP contribution in [0.4, 0.5) is 0 Å². The molecule has 8 nitrogen and oxygen atoms in total. The van der Waals surface area contributed by atoms with Gasteiger partial charge in [-0.2, -0.15) is 30.4 Å². The fourth-order valence-corrected chi connectivity index (χ4v) is 5.89. The molecule has 0 atom stereocenters. The Balaban J connectivity index is 0.00000484. The molecular formula is C31H49Cl2N5O3S3. The van der Waals surface area contributed by atoms with Crippen LogP contribution in [0.2, 0.25) is 0 Å². The van der Waals surface area contributed by atoms with Crippen molar-refractivity contribution in [1.82, 2.24) is 20.0 Å². The van der Waals surface area contributed by atoms with E-state index in [0.29, 0.717) is 0 Å². The molecule has 0 spiro atoms. The average Bonchev–Trinajstić information content (AvgIpc) is 3.42. The number of aryl methyl sites for hydroxylation is 1. The monoisotopic (exact) mass is 705 g/mol. The second-order valence-electron chi connectivity index (χ2n) is 10.5. The Morgan fingerprint density at radius 2 is 1.48 bits per heavy atom. The van der Waals surface area contributed by atoms with Crippen LogP contribution in [-0.4, -0.2) is 74.4 Å². The van der Waals surface area contributed by atoms with Crippen molar-refractivity contribution in [3.05, 3.63) is 60.3 Å². The van der Waals surface area contributed by atoms with E-state index in [9.17, 15) is 8.42 Å². The SMILES string of the molecule is COc1ccc(-c2cc(CCCCCCCCCN(CCS)CCNCCS)nn2-c2ccc(S(N)(=O)=O)cc2)cc1.Cl.Cl. The first-order valence-corrected chi connectivity index (χ1v) is 17.7. The van der Waals surface area contributed by atoms with Crippen molar-refractivity contribution in [2.75, 3.05) is 51.3 Å². The zero-order chi connectivity index (χ0) is 30.2. The van der Waals surface area contributed by atoms with E-state index in [0.717, 1.165) is 85.5 Å². The summed E-state index contributed by atoms with van der Waals surface area (Å²) in [4.78, 5) is 2.59. The van der Waals surface area contributed by atoms with Gasteiger partial charge in [0.25, 0.3) is 0 Å². The van der Waals surface area contributed by atoms with E-state index in [1.807, 2.05) is 28.9 Å². The maximum absolute atomic E-state index is 11.7. The predicted octanol–water partition coefficient (Wildman–Crippen LogP) is 6.06. The number of thiol groups is 2. The van der Waals surface area contributed by atoms with Crippen molar-refractivity contribution in [1.29, 1.82) is 0 Å². The molecule has 0 aliphatic heterocycles. The van der Waals surface area contributed by atoms with Crippen LogP contribution in [0.3, 0.4) is 0 Å². The Bertz CT molecular complexity index is 1290. The summed E-state index contributed by atoms with van der Waals surface area (Å²) < 4.78 is 30.6. The number of nitrogens with two attached hydrogens (primary N) is 1. The summed E-state index contributed by atoms with van der Waals surface area (Å²) >= 11 is 8.66. The number of benzene rings is 2.